The van der Waals surface area contributed by atoms with Crippen LogP contribution in [-0.2, 0) is 11.2 Å². The van der Waals surface area contributed by atoms with Crippen LogP contribution in [0.2, 0.25) is 0 Å². The molecule has 4 rings (SSSR count). The largest absolute Gasteiger partial charge is 0.490 e. The minimum Gasteiger partial charge on any atom is -0.490 e. The first kappa shape index (κ1) is 17.1. The van der Waals surface area contributed by atoms with Crippen LogP contribution >= 0.6 is 11.3 Å². The van der Waals surface area contributed by atoms with E-state index in [0.29, 0.717) is 6.42 Å². The summed E-state index contributed by atoms with van der Waals surface area (Å²) in [7, 11) is 0. The number of amides is 1. The summed E-state index contributed by atoms with van der Waals surface area (Å²) >= 11 is 1.58. The second-order valence-corrected chi connectivity index (χ2v) is 7.82. The number of benzene rings is 1. The highest BCUT2D eigenvalue weighted by Crippen LogP contribution is 2.22. The van der Waals surface area contributed by atoms with Crippen LogP contribution in [0.25, 0.3) is 4.96 Å². The number of thiazole rings is 1. The predicted molar refractivity (Wildman–Crippen MR) is 103 cm³/mol. The molecule has 1 aliphatic heterocycles. The Morgan fingerprint density at radius 2 is 2.08 bits per heavy atom. The van der Waals surface area contributed by atoms with Gasteiger partial charge in [0.25, 0.3) is 0 Å². The molecular formula is C20H23N3O2S. The second kappa shape index (κ2) is 7.11. The molecule has 26 heavy (non-hydrogen) atoms. The Hall–Kier alpha value is -2.34. The summed E-state index contributed by atoms with van der Waals surface area (Å²) in [5.41, 5.74) is 3.36. The lowest BCUT2D eigenvalue weighted by Crippen LogP contribution is -2.42. The number of carbonyl (C=O) groups is 1. The van der Waals surface area contributed by atoms with E-state index in [4.69, 9.17) is 4.74 Å². The van der Waals surface area contributed by atoms with Gasteiger partial charge in [-0.15, -0.1) is 11.3 Å². The van der Waals surface area contributed by atoms with Gasteiger partial charge in [0.2, 0.25) is 5.91 Å². The maximum Gasteiger partial charge on any atom is 0.228 e. The van der Waals surface area contributed by atoms with E-state index in [1.807, 2.05) is 33.1 Å². The van der Waals surface area contributed by atoms with Gasteiger partial charge in [0.15, 0.2) is 4.96 Å². The van der Waals surface area contributed by atoms with Gasteiger partial charge in [-0.1, -0.05) is 6.07 Å². The Labute approximate surface area is 157 Å². The van der Waals surface area contributed by atoms with Gasteiger partial charge in [0, 0.05) is 43.7 Å². The van der Waals surface area contributed by atoms with Crippen molar-refractivity contribution in [2.45, 2.75) is 39.2 Å². The van der Waals surface area contributed by atoms with E-state index in [0.717, 1.165) is 42.3 Å². The number of piperidine rings is 1. The second-order valence-electron chi connectivity index (χ2n) is 6.95. The number of nitrogens with zero attached hydrogens (tertiary/aromatic N) is 3. The zero-order valence-corrected chi connectivity index (χ0v) is 16.0. The highest BCUT2D eigenvalue weighted by molar-refractivity contribution is 7.15. The number of likely N-dealkylation sites (tertiary alicyclic amines) is 1. The molecule has 0 saturated carbocycles. The molecule has 0 atom stereocenters. The van der Waals surface area contributed by atoms with Gasteiger partial charge in [0.1, 0.15) is 11.9 Å². The van der Waals surface area contributed by atoms with Gasteiger partial charge in [-0.25, -0.2) is 4.98 Å². The average molecular weight is 369 g/mol. The normalized spacial score (nSPS) is 15.5. The van der Waals surface area contributed by atoms with Crippen LogP contribution in [0.3, 0.4) is 0 Å². The van der Waals surface area contributed by atoms with E-state index in [1.165, 1.54) is 11.1 Å². The SMILES string of the molecule is Cc1ccc(OC2CCN(C(=O)Cc3cn4ccsc4n3)CC2)cc1C. The van der Waals surface area contributed by atoms with Crippen LogP contribution in [-0.4, -0.2) is 39.4 Å². The van der Waals surface area contributed by atoms with Gasteiger partial charge >= 0.3 is 0 Å². The lowest BCUT2D eigenvalue weighted by molar-refractivity contribution is -0.132. The van der Waals surface area contributed by atoms with Gasteiger partial charge in [-0.2, -0.15) is 0 Å². The summed E-state index contributed by atoms with van der Waals surface area (Å²) in [6.45, 7) is 5.70. The Morgan fingerprint density at radius 1 is 1.27 bits per heavy atom. The maximum atomic E-state index is 12.6. The zero-order valence-electron chi connectivity index (χ0n) is 15.1. The van der Waals surface area contributed by atoms with Crippen LogP contribution in [0.15, 0.2) is 36.0 Å². The fraction of sp³-hybridized carbons (Fsp3) is 0.400. The van der Waals surface area contributed by atoms with E-state index in [2.05, 4.69) is 31.0 Å². The van der Waals surface area contributed by atoms with E-state index in [1.54, 1.807) is 11.3 Å². The third-order valence-electron chi connectivity index (χ3n) is 5.05. The summed E-state index contributed by atoms with van der Waals surface area (Å²) in [6.07, 6.45) is 6.21. The molecule has 1 saturated heterocycles. The molecule has 0 N–H and O–H groups in total. The summed E-state index contributed by atoms with van der Waals surface area (Å²) < 4.78 is 8.08. The van der Waals surface area contributed by atoms with E-state index in [-0.39, 0.29) is 12.0 Å². The maximum absolute atomic E-state index is 12.6. The molecule has 0 bridgehead atoms. The molecule has 3 aromatic rings. The van der Waals surface area contributed by atoms with Crippen LogP contribution in [0.5, 0.6) is 5.75 Å². The van der Waals surface area contributed by atoms with Crippen molar-refractivity contribution in [1.82, 2.24) is 14.3 Å². The van der Waals surface area contributed by atoms with Crippen LogP contribution in [0.4, 0.5) is 0 Å². The fourth-order valence-electron chi connectivity index (χ4n) is 3.33. The Kier molecular flexibility index (Phi) is 4.68. The number of imidazole rings is 1. The molecule has 0 unspecified atom stereocenters. The van der Waals surface area contributed by atoms with Crippen molar-refractivity contribution in [3.8, 4) is 5.75 Å². The molecule has 1 aliphatic rings. The molecule has 0 radical (unpaired) electrons. The number of aryl methyl sites for hydroxylation is 2. The molecule has 1 amide bonds. The Morgan fingerprint density at radius 3 is 2.81 bits per heavy atom. The number of carbonyl (C=O) groups excluding carboxylic acids is 1. The molecule has 2 aromatic heterocycles. The number of rotatable bonds is 4. The monoisotopic (exact) mass is 369 g/mol. The zero-order chi connectivity index (χ0) is 18.1. The fourth-order valence-corrected chi connectivity index (χ4v) is 4.05. The van der Waals surface area contributed by atoms with Crippen LogP contribution in [0, 0.1) is 13.8 Å². The Bertz CT molecular complexity index is 894. The van der Waals surface area contributed by atoms with Crippen LogP contribution in [0.1, 0.15) is 29.7 Å². The van der Waals surface area contributed by atoms with E-state index < -0.39 is 0 Å². The highest BCUT2D eigenvalue weighted by atomic mass is 32.1. The lowest BCUT2D eigenvalue weighted by Gasteiger charge is -2.32. The molecule has 1 aromatic carbocycles. The first-order chi connectivity index (χ1) is 12.6. The summed E-state index contributed by atoms with van der Waals surface area (Å²) in [5, 5.41) is 1.99. The first-order valence-electron chi connectivity index (χ1n) is 9.01. The first-order valence-corrected chi connectivity index (χ1v) is 9.89. The molecule has 0 spiro atoms. The molecular weight excluding hydrogens is 346 g/mol. The summed E-state index contributed by atoms with van der Waals surface area (Å²) in [5.74, 6) is 1.08. The van der Waals surface area contributed by atoms with Gasteiger partial charge in [-0.05, 0) is 37.1 Å². The highest BCUT2D eigenvalue weighted by Gasteiger charge is 2.24. The van der Waals surface area contributed by atoms with Gasteiger partial charge in [0.05, 0.1) is 12.1 Å². The van der Waals surface area contributed by atoms with E-state index >= 15 is 0 Å². The summed E-state index contributed by atoms with van der Waals surface area (Å²) in [6, 6.07) is 6.22. The smallest absolute Gasteiger partial charge is 0.228 e. The van der Waals surface area contributed by atoms with Crippen LogP contribution < -0.4 is 4.74 Å². The summed E-state index contributed by atoms with van der Waals surface area (Å²) in [4.78, 5) is 19.9. The van der Waals surface area contributed by atoms with Crippen molar-refractivity contribution < 1.29 is 9.53 Å². The molecule has 1 fully saturated rings. The molecule has 136 valence electrons. The average Bonchev–Trinajstić information content (AvgIpc) is 3.20. The minimum absolute atomic E-state index is 0.153. The third-order valence-corrected chi connectivity index (χ3v) is 5.82. The lowest BCUT2D eigenvalue weighted by atomic mass is 10.1. The van der Waals surface area contributed by atoms with Gasteiger partial charge < -0.3 is 9.64 Å². The number of ether oxygens (including phenoxy) is 1. The topological polar surface area (TPSA) is 46.8 Å². The van der Waals surface area contributed by atoms with Crippen molar-refractivity contribution in [1.29, 1.82) is 0 Å². The molecule has 3 heterocycles. The van der Waals surface area contributed by atoms with Gasteiger partial charge in [-0.3, -0.25) is 9.20 Å². The minimum atomic E-state index is 0.153. The molecule has 0 aliphatic carbocycles. The Balaban J connectivity index is 1.30. The van der Waals surface area contributed by atoms with Crippen molar-refractivity contribution >= 4 is 22.2 Å². The predicted octanol–water partition coefficient (Wildman–Crippen LogP) is 3.63. The third kappa shape index (κ3) is 3.60. The van der Waals surface area contributed by atoms with E-state index in [9.17, 15) is 4.79 Å². The van der Waals surface area contributed by atoms with Crippen molar-refractivity contribution in [2.24, 2.45) is 0 Å². The number of aromatic nitrogens is 2. The number of hydrogen-bond donors (Lipinski definition) is 0. The standard InChI is InChI=1S/C20H23N3O2S/c1-14-3-4-18(11-15(14)2)25-17-5-7-22(8-6-17)19(24)12-16-13-23-9-10-26-20(23)21-16/h3-4,9-11,13,17H,5-8,12H2,1-2H3. The number of hydrogen-bond acceptors (Lipinski definition) is 4. The molecule has 6 heteroatoms. The number of fused-ring (bicyclic) bond motifs is 1. The molecule has 5 nitrogen and oxygen atoms in total. The quantitative estimate of drug-likeness (QED) is 0.706. The van der Waals surface area contributed by atoms with Crippen molar-refractivity contribution in [3.63, 3.8) is 0 Å². The van der Waals surface area contributed by atoms with Crippen molar-refractivity contribution in [2.75, 3.05) is 13.1 Å². The van der Waals surface area contributed by atoms with Crippen molar-refractivity contribution in [3.05, 3.63) is 52.8 Å².